The zero-order chi connectivity index (χ0) is 13.4. The summed E-state index contributed by atoms with van der Waals surface area (Å²) in [5, 5.41) is 11.8. The van der Waals surface area contributed by atoms with E-state index in [1.165, 1.54) is 0 Å². The number of carboxylic acid groups (broad SMARTS) is 1. The van der Waals surface area contributed by atoms with Gasteiger partial charge in [0.05, 0.1) is 5.57 Å². The average Bonchev–Trinajstić information content (AvgIpc) is 2.37. The zero-order valence-corrected chi connectivity index (χ0v) is 10.3. The lowest BCUT2D eigenvalue weighted by Crippen LogP contribution is -2.23. The Morgan fingerprint density at radius 3 is 2.50 bits per heavy atom. The lowest BCUT2D eigenvalue weighted by molar-refractivity contribution is -0.130. The Morgan fingerprint density at radius 1 is 1.28 bits per heavy atom. The minimum absolute atomic E-state index is 0.00426. The second kappa shape index (κ2) is 7.27. The first-order chi connectivity index (χ1) is 8.65. The molecule has 1 aromatic rings. The number of carbonyl (C=O) groups excluding carboxylic acids is 1. The topological polar surface area (TPSA) is 66.4 Å². The van der Waals surface area contributed by atoms with Crippen molar-refractivity contribution in [2.75, 3.05) is 6.54 Å². The quantitative estimate of drug-likeness (QED) is 0.597. The largest absolute Gasteiger partial charge is 0.478 e. The number of carboxylic acids is 1. The van der Waals surface area contributed by atoms with Gasteiger partial charge in [-0.05, 0) is 12.0 Å². The molecule has 0 unspecified atom stereocenters. The number of amides is 1. The summed E-state index contributed by atoms with van der Waals surface area (Å²) in [6.07, 6.45) is 3.00. The summed E-state index contributed by atoms with van der Waals surface area (Å²) < 4.78 is 0. The van der Waals surface area contributed by atoms with Gasteiger partial charge in [-0.2, -0.15) is 0 Å². The maximum atomic E-state index is 11.6. The second-order valence-corrected chi connectivity index (χ2v) is 3.87. The van der Waals surface area contributed by atoms with E-state index in [2.05, 4.69) is 5.32 Å². The Balaban J connectivity index is 2.80. The first-order valence-electron chi connectivity index (χ1n) is 5.93. The lowest BCUT2D eigenvalue weighted by atomic mass is 10.1. The number of unbranched alkanes of at least 4 members (excludes halogenated alkanes) is 1. The number of aliphatic carboxylic acids is 1. The van der Waals surface area contributed by atoms with Crippen LogP contribution in [-0.2, 0) is 9.59 Å². The summed E-state index contributed by atoms with van der Waals surface area (Å²) in [6.45, 7) is 2.59. The minimum Gasteiger partial charge on any atom is -0.478 e. The predicted molar refractivity (Wildman–Crippen MR) is 70.0 cm³/mol. The molecular formula is C14H17NO3. The van der Waals surface area contributed by atoms with Gasteiger partial charge in [0.1, 0.15) is 0 Å². The molecule has 0 aliphatic rings. The predicted octanol–water partition coefficient (Wildman–Crippen LogP) is 2.07. The second-order valence-electron chi connectivity index (χ2n) is 3.87. The summed E-state index contributed by atoms with van der Waals surface area (Å²) in [5.41, 5.74) is 0.528. The molecule has 0 aromatic heterocycles. The first kappa shape index (κ1) is 14.0. The molecule has 0 atom stereocenters. The molecule has 0 spiro atoms. The van der Waals surface area contributed by atoms with Gasteiger partial charge < -0.3 is 10.4 Å². The minimum atomic E-state index is -1.10. The molecule has 18 heavy (non-hydrogen) atoms. The van der Waals surface area contributed by atoms with Crippen molar-refractivity contribution >= 4 is 17.4 Å². The molecule has 0 radical (unpaired) electrons. The summed E-state index contributed by atoms with van der Waals surface area (Å²) >= 11 is 0. The Hall–Kier alpha value is -2.10. The standard InChI is InChI=1S/C14H17NO3/c1-2-3-9-15-13(16)10-12(14(17)18)11-7-5-4-6-8-11/h4-8,10H,2-3,9H2,1H3,(H,15,16)(H,17,18)/b12-10+. The van der Waals surface area contributed by atoms with Gasteiger partial charge >= 0.3 is 5.97 Å². The van der Waals surface area contributed by atoms with Gasteiger partial charge in [0.25, 0.3) is 0 Å². The number of rotatable bonds is 6. The van der Waals surface area contributed by atoms with Crippen LogP contribution in [0.15, 0.2) is 36.4 Å². The normalized spacial score (nSPS) is 11.1. The molecule has 1 amide bonds. The van der Waals surface area contributed by atoms with Gasteiger partial charge in [0, 0.05) is 12.6 Å². The molecule has 0 bridgehead atoms. The molecule has 96 valence electrons. The van der Waals surface area contributed by atoms with E-state index in [0.717, 1.165) is 18.9 Å². The van der Waals surface area contributed by atoms with Crippen molar-refractivity contribution in [1.82, 2.24) is 5.32 Å². The average molecular weight is 247 g/mol. The Kier molecular flexibility index (Phi) is 5.64. The maximum Gasteiger partial charge on any atom is 0.336 e. The van der Waals surface area contributed by atoms with Crippen LogP contribution in [0.4, 0.5) is 0 Å². The monoisotopic (exact) mass is 247 g/mol. The summed E-state index contributed by atoms with van der Waals surface area (Å²) in [5.74, 6) is -1.48. The van der Waals surface area contributed by atoms with Crippen molar-refractivity contribution in [2.45, 2.75) is 19.8 Å². The van der Waals surface area contributed by atoms with Crippen LogP contribution in [0.2, 0.25) is 0 Å². The van der Waals surface area contributed by atoms with Gasteiger partial charge in [-0.25, -0.2) is 4.79 Å². The highest BCUT2D eigenvalue weighted by atomic mass is 16.4. The maximum absolute atomic E-state index is 11.6. The van der Waals surface area contributed by atoms with Crippen molar-refractivity contribution in [3.05, 3.63) is 42.0 Å². The molecule has 4 nitrogen and oxygen atoms in total. The molecule has 1 rings (SSSR count). The van der Waals surface area contributed by atoms with E-state index >= 15 is 0 Å². The van der Waals surface area contributed by atoms with E-state index in [1.807, 2.05) is 6.92 Å². The van der Waals surface area contributed by atoms with E-state index < -0.39 is 5.97 Å². The molecule has 0 saturated heterocycles. The van der Waals surface area contributed by atoms with Crippen LogP contribution in [0.3, 0.4) is 0 Å². The van der Waals surface area contributed by atoms with Crippen molar-refractivity contribution in [2.24, 2.45) is 0 Å². The molecule has 0 aliphatic heterocycles. The van der Waals surface area contributed by atoms with Crippen LogP contribution in [0, 0.1) is 0 Å². The Morgan fingerprint density at radius 2 is 1.94 bits per heavy atom. The SMILES string of the molecule is CCCCNC(=O)/C=C(/C(=O)O)c1ccccc1. The molecule has 0 aliphatic carbocycles. The van der Waals surface area contributed by atoms with Crippen LogP contribution in [0.5, 0.6) is 0 Å². The molecule has 4 heteroatoms. The molecular weight excluding hydrogens is 230 g/mol. The molecule has 2 N–H and O–H groups in total. The van der Waals surface area contributed by atoms with Gasteiger partial charge in [0.2, 0.25) is 5.91 Å². The van der Waals surface area contributed by atoms with Crippen LogP contribution < -0.4 is 5.32 Å². The van der Waals surface area contributed by atoms with E-state index in [9.17, 15) is 9.59 Å². The third kappa shape index (κ3) is 4.41. The van der Waals surface area contributed by atoms with E-state index in [1.54, 1.807) is 30.3 Å². The lowest BCUT2D eigenvalue weighted by Gasteiger charge is -2.04. The van der Waals surface area contributed by atoms with Gasteiger partial charge in [-0.1, -0.05) is 43.7 Å². The van der Waals surface area contributed by atoms with E-state index in [-0.39, 0.29) is 11.5 Å². The van der Waals surface area contributed by atoms with Crippen molar-refractivity contribution in [3.63, 3.8) is 0 Å². The smallest absolute Gasteiger partial charge is 0.336 e. The summed E-state index contributed by atoms with van der Waals surface area (Å²) in [7, 11) is 0. The number of hydrogen-bond donors (Lipinski definition) is 2. The van der Waals surface area contributed by atoms with Gasteiger partial charge in [0.15, 0.2) is 0 Å². The van der Waals surface area contributed by atoms with Gasteiger partial charge in [-0.15, -0.1) is 0 Å². The van der Waals surface area contributed by atoms with Crippen molar-refractivity contribution in [3.8, 4) is 0 Å². The fourth-order valence-electron chi connectivity index (χ4n) is 1.46. The number of carbonyl (C=O) groups is 2. The first-order valence-corrected chi connectivity index (χ1v) is 5.93. The third-order valence-electron chi connectivity index (χ3n) is 2.42. The highest BCUT2D eigenvalue weighted by Crippen LogP contribution is 2.13. The number of benzene rings is 1. The Bertz CT molecular complexity index is 438. The van der Waals surface area contributed by atoms with Crippen LogP contribution in [0.1, 0.15) is 25.3 Å². The van der Waals surface area contributed by atoms with E-state index in [0.29, 0.717) is 12.1 Å². The zero-order valence-electron chi connectivity index (χ0n) is 10.3. The highest BCUT2D eigenvalue weighted by molar-refractivity contribution is 6.20. The van der Waals surface area contributed by atoms with E-state index in [4.69, 9.17) is 5.11 Å². The third-order valence-corrected chi connectivity index (χ3v) is 2.42. The van der Waals surface area contributed by atoms with Crippen molar-refractivity contribution < 1.29 is 14.7 Å². The van der Waals surface area contributed by atoms with Crippen molar-refractivity contribution in [1.29, 1.82) is 0 Å². The Labute approximate surface area is 106 Å². The van der Waals surface area contributed by atoms with Crippen LogP contribution in [-0.4, -0.2) is 23.5 Å². The summed E-state index contributed by atoms with van der Waals surface area (Å²) in [6, 6.07) is 8.60. The van der Waals surface area contributed by atoms with Crippen LogP contribution in [0.25, 0.3) is 5.57 Å². The molecule has 0 fully saturated rings. The number of hydrogen-bond acceptors (Lipinski definition) is 2. The highest BCUT2D eigenvalue weighted by Gasteiger charge is 2.11. The number of nitrogens with one attached hydrogen (secondary N) is 1. The molecule has 0 heterocycles. The molecule has 0 saturated carbocycles. The summed E-state index contributed by atoms with van der Waals surface area (Å²) in [4.78, 5) is 22.7. The fourth-order valence-corrected chi connectivity index (χ4v) is 1.46. The van der Waals surface area contributed by atoms with Crippen LogP contribution >= 0.6 is 0 Å². The molecule has 1 aromatic carbocycles. The van der Waals surface area contributed by atoms with Gasteiger partial charge in [-0.3, -0.25) is 4.79 Å². The fraction of sp³-hybridized carbons (Fsp3) is 0.286.